The van der Waals surface area contributed by atoms with Crippen molar-refractivity contribution in [3.05, 3.63) is 136 Å². The van der Waals surface area contributed by atoms with Gasteiger partial charge in [-0.1, -0.05) is 72.3 Å². The minimum atomic E-state index is -0.141. The first-order chi connectivity index (χ1) is 20.1. The zero-order chi connectivity index (χ0) is 28.6. The summed E-state index contributed by atoms with van der Waals surface area (Å²) in [5.74, 6) is 1.09. The number of anilines is 1. The average molecular weight is 581 g/mol. The van der Waals surface area contributed by atoms with Crippen LogP contribution >= 0.6 is 23.4 Å². The summed E-state index contributed by atoms with van der Waals surface area (Å²) in [7, 11) is 0. The van der Waals surface area contributed by atoms with Gasteiger partial charge in [-0.2, -0.15) is 0 Å². The molecule has 0 spiro atoms. The summed E-state index contributed by atoms with van der Waals surface area (Å²) in [6.45, 7) is 6.61. The van der Waals surface area contributed by atoms with Crippen LogP contribution in [0.1, 0.15) is 23.6 Å². The van der Waals surface area contributed by atoms with Crippen LogP contribution in [0.25, 0.3) is 6.08 Å². The number of allylic oxidation sites excluding steroid dienone is 1. The minimum absolute atomic E-state index is 0.141. The quantitative estimate of drug-likeness (QED) is 0.139. The van der Waals surface area contributed by atoms with E-state index in [1.165, 1.54) is 11.8 Å². The zero-order valence-corrected chi connectivity index (χ0v) is 24.2. The van der Waals surface area contributed by atoms with Gasteiger partial charge in [-0.05, 0) is 79.2 Å². The van der Waals surface area contributed by atoms with Gasteiger partial charge in [-0.3, -0.25) is 9.69 Å². The molecule has 4 aromatic carbocycles. The fourth-order valence-electron chi connectivity index (χ4n) is 4.38. The first kappa shape index (κ1) is 28.3. The van der Waals surface area contributed by atoms with Gasteiger partial charge in [0.25, 0.3) is 5.91 Å². The molecule has 206 valence electrons. The maximum atomic E-state index is 13.8. The fourth-order valence-corrected chi connectivity index (χ4v) is 5.58. The lowest BCUT2D eigenvalue weighted by atomic mass is 10.0. The molecular weight excluding hydrogens is 552 g/mol. The number of nitrogens with zero attached hydrogens (tertiary/aromatic N) is 2. The number of aliphatic imine (C=N–C) groups is 1. The normalized spacial score (nSPS) is 15.0. The van der Waals surface area contributed by atoms with Gasteiger partial charge in [0, 0.05) is 16.1 Å². The molecule has 0 bridgehead atoms. The molecule has 41 heavy (non-hydrogen) atoms. The maximum Gasteiger partial charge on any atom is 0.271 e. The van der Waals surface area contributed by atoms with Crippen LogP contribution in [0.15, 0.2) is 120 Å². The lowest BCUT2D eigenvalue weighted by Crippen LogP contribution is -2.28. The van der Waals surface area contributed by atoms with E-state index in [1.807, 2.05) is 116 Å². The highest BCUT2D eigenvalue weighted by Gasteiger charge is 2.34. The Balaban J connectivity index is 1.52. The second kappa shape index (κ2) is 13.4. The van der Waals surface area contributed by atoms with Crippen molar-refractivity contribution < 1.29 is 14.3 Å². The van der Waals surface area contributed by atoms with Crippen LogP contribution in [0.5, 0.6) is 11.5 Å². The Hall–Kier alpha value is -4.26. The Bertz CT molecular complexity index is 1600. The van der Waals surface area contributed by atoms with Crippen LogP contribution in [0, 0.1) is 0 Å². The summed E-state index contributed by atoms with van der Waals surface area (Å²) in [6.07, 6.45) is 4.26. The van der Waals surface area contributed by atoms with Crippen LogP contribution in [0.2, 0.25) is 5.02 Å². The third kappa shape index (κ3) is 6.73. The minimum Gasteiger partial charge on any atom is -0.490 e. The van der Waals surface area contributed by atoms with Gasteiger partial charge in [0.2, 0.25) is 0 Å². The van der Waals surface area contributed by atoms with E-state index in [4.69, 9.17) is 26.1 Å². The Kier molecular flexibility index (Phi) is 9.24. The van der Waals surface area contributed by atoms with Crippen molar-refractivity contribution in [1.29, 1.82) is 0 Å². The number of rotatable bonds is 10. The summed E-state index contributed by atoms with van der Waals surface area (Å²) in [6, 6.07) is 30.7. The molecule has 1 saturated heterocycles. The molecule has 0 N–H and O–H groups in total. The van der Waals surface area contributed by atoms with Gasteiger partial charge in [0.1, 0.15) is 6.61 Å². The summed E-state index contributed by atoms with van der Waals surface area (Å²) in [5, 5.41) is 1.24. The molecule has 4 aromatic rings. The van der Waals surface area contributed by atoms with Gasteiger partial charge in [0.15, 0.2) is 16.7 Å². The van der Waals surface area contributed by atoms with E-state index in [-0.39, 0.29) is 5.91 Å². The molecule has 0 radical (unpaired) electrons. The number of carbonyl (C=O) groups excluding carboxylic acids is 1. The number of halogens is 1. The number of amidine groups is 1. The summed E-state index contributed by atoms with van der Waals surface area (Å²) in [4.78, 5) is 20.8. The highest BCUT2D eigenvalue weighted by Crippen LogP contribution is 2.40. The van der Waals surface area contributed by atoms with E-state index in [0.29, 0.717) is 46.2 Å². The van der Waals surface area contributed by atoms with Crippen molar-refractivity contribution in [3.63, 3.8) is 0 Å². The van der Waals surface area contributed by atoms with Crippen molar-refractivity contribution in [3.8, 4) is 11.5 Å². The first-order valence-corrected chi connectivity index (χ1v) is 14.5. The Labute approximate surface area is 249 Å². The Morgan fingerprint density at radius 2 is 1.63 bits per heavy atom. The first-order valence-electron chi connectivity index (χ1n) is 13.3. The van der Waals surface area contributed by atoms with Crippen molar-refractivity contribution in [2.75, 3.05) is 11.5 Å². The van der Waals surface area contributed by atoms with Crippen molar-refractivity contribution in [1.82, 2.24) is 0 Å². The number of amides is 1. The average Bonchev–Trinajstić information content (AvgIpc) is 3.28. The van der Waals surface area contributed by atoms with Gasteiger partial charge < -0.3 is 9.47 Å². The van der Waals surface area contributed by atoms with E-state index in [0.717, 1.165) is 28.1 Å². The van der Waals surface area contributed by atoms with Gasteiger partial charge in [0.05, 0.1) is 22.9 Å². The van der Waals surface area contributed by atoms with E-state index in [1.54, 1.807) is 4.90 Å². The number of ether oxygens (including phenoxy) is 2. The number of hydrogen-bond acceptors (Lipinski definition) is 5. The van der Waals surface area contributed by atoms with Crippen LogP contribution in [0.4, 0.5) is 11.4 Å². The monoisotopic (exact) mass is 580 g/mol. The third-order valence-corrected chi connectivity index (χ3v) is 7.59. The number of para-hydroxylation sites is 2. The second-order valence-electron chi connectivity index (χ2n) is 9.13. The highest BCUT2D eigenvalue weighted by molar-refractivity contribution is 8.19. The number of hydrogen-bond donors (Lipinski definition) is 0. The summed E-state index contributed by atoms with van der Waals surface area (Å²) < 4.78 is 12.3. The Morgan fingerprint density at radius 3 is 2.34 bits per heavy atom. The molecule has 5 nitrogen and oxygen atoms in total. The summed E-state index contributed by atoms with van der Waals surface area (Å²) in [5.41, 5.74) is 4.14. The maximum absolute atomic E-state index is 13.8. The zero-order valence-electron chi connectivity index (χ0n) is 22.6. The van der Waals surface area contributed by atoms with Crippen LogP contribution < -0.4 is 14.4 Å². The molecule has 0 aliphatic carbocycles. The molecular formula is C34H29ClN2O3S. The van der Waals surface area contributed by atoms with Crippen molar-refractivity contribution in [2.24, 2.45) is 4.99 Å². The molecule has 0 saturated carbocycles. The highest BCUT2D eigenvalue weighted by atomic mass is 35.5. The molecule has 0 atom stereocenters. The lowest BCUT2D eigenvalue weighted by Gasteiger charge is -2.17. The molecule has 0 unspecified atom stereocenters. The van der Waals surface area contributed by atoms with Gasteiger partial charge in [-0.15, -0.1) is 6.58 Å². The Morgan fingerprint density at radius 1 is 0.927 bits per heavy atom. The smallest absolute Gasteiger partial charge is 0.271 e. The molecule has 5 rings (SSSR count). The van der Waals surface area contributed by atoms with Crippen molar-refractivity contribution >= 4 is 51.9 Å². The van der Waals surface area contributed by atoms with Crippen molar-refractivity contribution in [2.45, 2.75) is 20.0 Å². The van der Waals surface area contributed by atoms with E-state index >= 15 is 0 Å². The molecule has 1 aliphatic rings. The predicted octanol–water partition coefficient (Wildman–Crippen LogP) is 8.85. The van der Waals surface area contributed by atoms with Gasteiger partial charge in [-0.25, -0.2) is 4.99 Å². The SMILES string of the molecule is C=CCc1cc(/C=C2/SC(=Nc3ccccc3)N(c3ccccc3)C2=O)cc(OCC)c1OCc1ccccc1Cl. The van der Waals surface area contributed by atoms with E-state index in [9.17, 15) is 4.79 Å². The van der Waals surface area contributed by atoms with Crippen LogP contribution in [0.3, 0.4) is 0 Å². The molecule has 0 aromatic heterocycles. The second-order valence-corrected chi connectivity index (χ2v) is 10.5. The van der Waals surface area contributed by atoms with E-state index < -0.39 is 0 Å². The van der Waals surface area contributed by atoms with Crippen LogP contribution in [-0.4, -0.2) is 17.7 Å². The lowest BCUT2D eigenvalue weighted by molar-refractivity contribution is -0.113. The largest absolute Gasteiger partial charge is 0.490 e. The van der Waals surface area contributed by atoms with Gasteiger partial charge >= 0.3 is 0 Å². The third-order valence-electron chi connectivity index (χ3n) is 6.25. The molecule has 1 aliphatic heterocycles. The van der Waals surface area contributed by atoms with Crippen LogP contribution in [-0.2, 0) is 17.8 Å². The molecule has 1 heterocycles. The van der Waals surface area contributed by atoms with E-state index in [2.05, 4.69) is 6.58 Å². The summed E-state index contributed by atoms with van der Waals surface area (Å²) >= 11 is 7.71. The molecule has 1 amide bonds. The predicted molar refractivity (Wildman–Crippen MR) is 170 cm³/mol. The molecule has 1 fully saturated rings. The number of carbonyl (C=O) groups is 1. The number of thioether (sulfide) groups is 1. The number of benzene rings is 4. The topological polar surface area (TPSA) is 51.1 Å². The molecule has 7 heteroatoms. The fraction of sp³-hybridized carbons (Fsp3) is 0.118. The standard InChI is InChI=1S/C34H29ClN2O3S/c1-3-13-25-20-24(21-30(39-4-2)32(25)40-23-26-14-11-12-19-29(26)35)22-31-33(38)37(28-17-9-6-10-18-28)34(41-31)36-27-15-7-5-8-16-27/h3,5-12,14-22H,1,4,13,23H2,2H3/b31-22+,36-34?.